The maximum Gasteiger partial charge on any atom is 0.277 e. The van der Waals surface area contributed by atoms with Gasteiger partial charge in [0.15, 0.2) is 18.1 Å². The maximum absolute atomic E-state index is 12.3. The molecule has 1 N–H and O–H groups in total. The number of fused-ring (bicyclic) bond motifs is 1. The number of ether oxygens (including phenoxy) is 7. The zero-order valence-corrected chi connectivity index (χ0v) is 22.6. The predicted octanol–water partition coefficient (Wildman–Crippen LogP) is 4.33. The monoisotopic (exact) mass is 536 g/mol. The van der Waals surface area contributed by atoms with Crippen LogP contribution in [-0.2, 0) is 11.2 Å². The fraction of sp³-hybridized carbons (Fsp3) is 0.310. The molecule has 4 rings (SSSR count). The number of amides is 1. The Kier molecular flexibility index (Phi) is 8.98. The molecule has 206 valence electrons. The molecular formula is C29H32N2O8. The lowest BCUT2D eigenvalue weighted by Crippen LogP contribution is -2.24. The zero-order valence-electron chi connectivity index (χ0n) is 22.6. The molecule has 1 atom stereocenters. The number of hydrazone groups is 1. The van der Waals surface area contributed by atoms with Gasteiger partial charge in [0.05, 0.1) is 41.8 Å². The molecule has 39 heavy (non-hydrogen) atoms. The third-order valence-corrected chi connectivity index (χ3v) is 6.23. The van der Waals surface area contributed by atoms with Crippen molar-refractivity contribution in [1.82, 2.24) is 5.43 Å². The Balaban J connectivity index is 1.44. The van der Waals surface area contributed by atoms with Gasteiger partial charge in [-0.1, -0.05) is 0 Å². The van der Waals surface area contributed by atoms with Gasteiger partial charge in [-0.25, -0.2) is 5.43 Å². The van der Waals surface area contributed by atoms with E-state index >= 15 is 0 Å². The Hall–Kier alpha value is -4.60. The van der Waals surface area contributed by atoms with E-state index < -0.39 is 5.91 Å². The number of methoxy groups -OCH3 is 5. The lowest BCUT2D eigenvalue weighted by atomic mass is 9.96. The molecule has 10 heteroatoms. The van der Waals surface area contributed by atoms with E-state index in [0.717, 1.165) is 35.3 Å². The van der Waals surface area contributed by atoms with Gasteiger partial charge in [-0.15, -0.1) is 0 Å². The summed E-state index contributed by atoms with van der Waals surface area (Å²) in [7, 11) is 7.90. The van der Waals surface area contributed by atoms with Crippen molar-refractivity contribution in [2.24, 2.45) is 5.10 Å². The van der Waals surface area contributed by atoms with E-state index in [1.54, 1.807) is 47.7 Å². The average Bonchev–Trinajstić information content (AvgIpc) is 2.98. The normalized spacial score (nSPS) is 14.1. The Morgan fingerprint density at radius 1 is 0.897 bits per heavy atom. The summed E-state index contributed by atoms with van der Waals surface area (Å²) in [6, 6.07) is 14.5. The number of rotatable bonds is 11. The molecule has 0 saturated heterocycles. The first-order chi connectivity index (χ1) is 19.0. The Bertz CT molecular complexity index is 1300. The molecule has 0 fully saturated rings. The lowest BCUT2D eigenvalue weighted by molar-refractivity contribution is -0.123. The predicted molar refractivity (Wildman–Crippen MR) is 145 cm³/mol. The molecule has 3 aromatic carbocycles. The van der Waals surface area contributed by atoms with Crippen molar-refractivity contribution >= 4 is 12.1 Å². The average molecular weight is 537 g/mol. The summed E-state index contributed by atoms with van der Waals surface area (Å²) in [4.78, 5) is 12.3. The smallest absolute Gasteiger partial charge is 0.277 e. The molecule has 0 spiro atoms. The van der Waals surface area contributed by atoms with Crippen LogP contribution in [0, 0.1) is 0 Å². The van der Waals surface area contributed by atoms with Crippen molar-refractivity contribution in [3.05, 3.63) is 65.2 Å². The van der Waals surface area contributed by atoms with Gasteiger partial charge in [0.25, 0.3) is 5.91 Å². The van der Waals surface area contributed by atoms with E-state index in [-0.39, 0.29) is 12.7 Å². The van der Waals surface area contributed by atoms with Crippen LogP contribution in [0.5, 0.6) is 40.2 Å². The largest absolute Gasteiger partial charge is 0.497 e. The van der Waals surface area contributed by atoms with Crippen LogP contribution in [0.25, 0.3) is 0 Å². The van der Waals surface area contributed by atoms with Gasteiger partial charge in [0.1, 0.15) is 29.1 Å². The van der Waals surface area contributed by atoms with Gasteiger partial charge >= 0.3 is 0 Å². The molecule has 0 aromatic heterocycles. The molecule has 10 nitrogen and oxygen atoms in total. The Morgan fingerprint density at radius 2 is 1.59 bits per heavy atom. The van der Waals surface area contributed by atoms with Gasteiger partial charge in [0.2, 0.25) is 5.75 Å². The minimum absolute atomic E-state index is 0.238. The molecule has 1 aliphatic rings. The van der Waals surface area contributed by atoms with Crippen molar-refractivity contribution < 1.29 is 38.0 Å². The van der Waals surface area contributed by atoms with Crippen LogP contribution >= 0.6 is 0 Å². The highest BCUT2D eigenvalue weighted by atomic mass is 16.5. The summed E-state index contributed by atoms with van der Waals surface area (Å²) in [5.74, 6) is 3.63. The molecule has 1 aliphatic heterocycles. The second-order valence-corrected chi connectivity index (χ2v) is 8.56. The summed E-state index contributed by atoms with van der Waals surface area (Å²) in [5, 5.41) is 3.97. The summed E-state index contributed by atoms with van der Waals surface area (Å²) in [6.45, 7) is -0.238. The number of hydrogen-bond acceptors (Lipinski definition) is 9. The van der Waals surface area contributed by atoms with Crippen LogP contribution in [0.2, 0.25) is 0 Å². The summed E-state index contributed by atoms with van der Waals surface area (Å²) < 4.78 is 39.2. The van der Waals surface area contributed by atoms with E-state index in [4.69, 9.17) is 33.2 Å². The second-order valence-electron chi connectivity index (χ2n) is 8.56. The van der Waals surface area contributed by atoms with Crippen LogP contribution in [0.3, 0.4) is 0 Å². The molecular weight excluding hydrogens is 504 g/mol. The molecule has 1 amide bonds. The topological polar surface area (TPSA) is 106 Å². The number of benzene rings is 3. The molecule has 1 heterocycles. The molecule has 0 aliphatic carbocycles. The molecule has 0 bridgehead atoms. The van der Waals surface area contributed by atoms with E-state index in [0.29, 0.717) is 34.5 Å². The van der Waals surface area contributed by atoms with Gasteiger partial charge < -0.3 is 33.2 Å². The number of hydrogen-bond donors (Lipinski definition) is 1. The van der Waals surface area contributed by atoms with Gasteiger partial charge in [-0.2, -0.15) is 5.10 Å². The fourth-order valence-corrected chi connectivity index (χ4v) is 4.27. The summed E-state index contributed by atoms with van der Waals surface area (Å²) >= 11 is 0. The maximum atomic E-state index is 12.3. The van der Waals surface area contributed by atoms with Gasteiger partial charge in [-0.05, 0) is 60.4 Å². The van der Waals surface area contributed by atoms with Gasteiger partial charge in [-0.3, -0.25) is 4.79 Å². The Labute approximate surface area is 227 Å². The van der Waals surface area contributed by atoms with Crippen LogP contribution in [0.4, 0.5) is 0 Å². The van der Waals surface area contributed by atoms with E-state index in [1.165, 1.54) is 6.21 Å². The number of carbonyl (C=O) groups excluding carboxylic acids is 1. The number of nitrogens with one attached hydrogen (secondary N) is 1. The minimum atomic E-state index is -0.410. The number of carbonyl (C=O) groups is 1. The zero-order chi connectivity index (χ0) is 27.8. The summed E-state index contributed by atoms with van der Waals surface area (Å²) in [6.07, 6.45) is 2.72. The van der Waals surface area contributed by atoms with Crippen molar-refractivity contribution in [2.75, 3.05) is 42.2 Å². The highest BCUT2D eigenvalue weighted by molar-refractivity contribution is 5.83. The standard InChI is InChI=1S/C29H32N2O8/c1-33-20-8-6-18(7-9-20)16-30-31-28(32)17-38-21-14-24(34-2)22-10-11-23(39-25(22)15-21)19-12-26(35-3)29(37-5)27(13-19)36-4/h6-9,12-16,23H,10-11,17H2,1-5H3,(H,31,32)/b30-16+. The SMILES string of the molecule is COc1ccc(/C=N/NC(=O)COc2cc(OC)c3c(c2)OC(c2cc(OC)c(OC)c(OC)c2)CC3)cc1. The molecule has 1 unspecified atom stereocenters. The second kappa shape index (κ2) is 12.8. The highest BCUT2D eigenvalue weighted by Gasteiger charge is 2.27. The third-order valence-electron chi connectivity index (χ3n) is 6.23. The number of nitrogens with zero attached hydrogens (tertiary/aromatic N) is 1. The van der Waals surface area contributed by atoms with Crippen LogP contribution in [0.15, 0.2) is 53.6 Å². The van der Waals surface area contributed by atoms with Crippen molar-refractivity contribution in [3.8, 4) is 40.2 Å². The van der Waals surface area contributed by atoms with Crippen LogP contribution < -0.4 is 38.6 Å². The van der Waals surface area contributed by atoms with Crippen molar-refractivity contribution in [1.29, 1.82) is 0 Å². The third kappa shape index (κ3) is 6.46. The van der Waals surface area contributed by atoms with Gasteiger partial charge in [0, 0.05) is 17.7 Å². The van der Waals surface area contributed by atoms with E-state index in [2.05, 4.69) is 10.5 Å². The van der Waals surface area contributed by atoms with E-state index in [1.807, 2.05) is 36.4 Å². The Morgan fingerprint density at radius 3 is 2.21 bits per heavy atom. The van der Waals surface area contributed by atoms with Crippen LogP contribution in [-0.4, -0.2) is 54.3 Å². The van der Waals surface area contributed by atoms with Crippen LogP contribution in [0.1, 0.15) is 29.2 Å². The lowest BCUT2D eigenvalue weighted by Gasteiger charge is -2.29. The molecule has 0 radical (unpaired) electrons. The minimum Gasteiger partial charge on any atom is -0.497 e. The quantitative estimate of drug-likeness (QED) is 0.285. The fourth-order valence-electron chi connectivity index (χ4n) is 4.27. The highest BCUT2D eigenvalue weighted by Crippen LogP contribution is 2.45. The first-order valence-electron chi connectivity index (χ1n) is 12.3. The molecule has 3 aromatic rings. The van der Waals surface area contributed by atoms with Crippen molar-refractivity contribution in [2.45, 2.75) is 18.9 Å². The van der Waals surface area contributed by atoms with E-state index in [9.17, 15) is 4.79 Å². The van der Waals surface area contributed by atoms with Crippen molar-refractivity contribution in [3.63, 3.8) is 0 Å². The summed E-state index contributed by atoms with van der Waals surface area (Å²) in [5.41, 5.74) is 5.09. The first-order valence-corrected chi connectivity index (χ1v) is 12.3. The molecule has 0 saturated carbocycles. The first kappa shape index (κ1) is 27.4.